The van der Waals surface area contributed by atoms with Gasteiger partial charge in [-0.05, 0) is 146 Å². The zero-order valence-corrected chi connectivity index (χ0v) is 41.2. The highest BCUT2D eigenvalue weighted by Crippen LogP contribution is 2.39. The molecule has 0 spiro atoms. The van der Waals surface area contributed by atoms with E-state index in [1.54, 1.807) is 0 Å². The molecule has 0 fully saturated rings. The molecule has 0 bridgehead atoms. The smallest absolute Gasteiger partial charge is 0.0541 e. The number of rotatable bonds is 24. The summed E-state index contributed by atoms with van der Waals surface area (Å²) in [6.07, 6.45) is 27.4. The second-order valence-corrected chi connectivity index (χ2v) is 19.9. The first-order valence-corrected chi connectivity index (χ1v) is 26.3. The van der Waals surface area contributed by atoms with Crippen molar-refractivity contribution in [2.75, 3.05) is 0 Å². The average Bonchev–Trinajstić information content (AvgIpc) is 3.81. The van der Waals surface area contributed by atoms with Gasteiger partial charge in [-0.15, -0.1) is 0 Å². The van der Waals surface area contributed by atoms with E-state index in [-0.39, 0.29) is 0 Å². The van der Waals surface area contributed by atoms with E-state index in [9.17, 15) is 0 Å². The highest BCUT2D eigenvalue weighted by atomic mass is 79.9. The Balaban J connectivity index is 1.06. The van der Waals surface area contributed by atoms with Gasteiger partial charge in [0.05, 0.1) is 22.1 Å². The van der Waals surface area contributed by atoms with Crippen LogP contribution in [0.1, 0.15) is 159 Å². The van der Waals surface area contributed by atoms with Crippen LogP contribution >= 0.6 is 15.9 Å². The fourth-order valence-electron chi connectivity index (χ4n) is 10.3. The van der Waals surface area contributed by atoms with E-state index in [0.29, 0.717) is 0 Å². The Morgan fingerprint density at radius 1 is 0.359 bits per heavy atom. The largest absolute Gasteiger partial charge is 0.309 e. The van der Waals surface area contributed by atoms with Crippen molar-refractivity contribution in [3.8, 4) is 22.5 Å². The van der Waals surface area contributed by atoms with E-state index in [0.717, 1.165) is 23.7 Å². The Morgan fingerprint density at radius 3 is 1.17 bits per heavy atom. The lowest BCUT2D eigenvalue weighted by atomic mass is 10.0. The molecule has 0 amide bonds. The molecule has 0 unspecified atom stereocenters. The van der Waals surface area contributed by atoms with Crippen molar-refractivity contribution in [2.45, 2.75) is 163 Å². The van der Waals surface area contributed by atoms with Crippen LogP contribution in [0.3, 0.4) is 0 Å². The zero-order valence-electron chi connectivity index (χ0n) is 39.6. The SMILES string of the molecule is CCCCCCCCc1ccc2c(c1)c1cc(C)ccc1n2-c1ccc(-c2ccc(-n3c4ccc(CCCCCCCC)cc4c4cc(CCCCCCCC)ccc43)cc2)c(Br)c1. The van der Waals surface area contributed by atoms with Gasteiger partial charge in [0, 0.05) is 37.4 Å². The van der Waals surface area contributed by atoms with Crippen molar-refractivity contribution < 1.29 is 0 Å². The normalized spacial score (nSPS) is 11.9. The van der Waals surface area contributed by atoms with Gasteiger partial charge in [-0.3, -0.25) is 0 Å². The first kappa shape index (κ1) is 45.9. The van der Waals surface area contributed by atoms with Gasteiger partial charge in [0.2, 0.25) is 0 Å². The molecule has 3 heteroatoms. The first-order valence-electron chi connectivity index (χ1n) is 25.5. The number of aryl methyl sites for hydroxylation is 4. The molecule has 0 saturated heterocycles. The van der Waals surface area contributed by atoms with Gasteiger partial charge in [-0.25, -0.2) is 0 Å². The summed E-state index contributed by atoms with van der Waals surface area (Å²) in [6, 6.07) is 44.9. The molecule has 0 aliphatic rings. The molecular formula is C61H73BrN2. The molecule has 64 heavy (non-hydrogen) atoms. The molecule has 8 aromatic rings. The number of halogens is 1. The van der Waals surface area contributed by atoms with Crippen LogP contribution < -0.4 is 0 Å². The summed E-state index contributed by atoms with van der Waals surface area (Å²) in [5, 5.41) is 5.47. The maximum absolute atomic E-state index is 4.06. The summed E-state index contributed by atoms with van der Waals surface area (Å²) >= 11 is 4.06. The van der Waals surface area contributed by atoms with E-state index >= 15 is 0 Å². The molecule has 2 aromatic heterocycles. The second-order valence-electron chi connectivity index (χ2n) is 19.0. The monoisotopic (exact) mass is 912 g/mol. The van der Waals surface area contributed by atoms with Crippen molar-refractivity contribution in [1.82, 2.24) is 9.13 Å². The van der Waals surface area contributed by atoms with Crippen molar-refractivity contribution in [3.63, 3.8) is 0 Å². The Hall–Kier alpha value is -4.60. The maximum Gasteiger partial charge on any atom is 0.0541 e. The van der Waals surface area contributed by atoms with Crippen LogP contribution in [0.15, 0.2) is 120 Å². The van der Waals surface area contributed by atoms with Crippen LogP contribution in [0.5, 0.6) is 0 Å². The van der Waals surface area contributed by atoms with Crippen molar-refractivity contribution >= 4 is 59.5 Å². The minimum Gasteiger partial charge on any atom is -0.309 e. The number of aromatic nitrogens is 2. The van der Waals surface area contributed by atoms with E-state index in [1.807, 2.05) is 0 Å². The molecule has 0 radical (unpaired) electrons. The topological polar surface area (TPSA) is 9.86 Å². The number of hydrogen-bond donors (Lipinski definition) is 0. The lowest BCUT2D eigenvalue weighted by molar-refractivity contribution is 0.607. The second kappa shape index (κ2) is 22.5. The average molecular weight is 914 g/mol. The molecule has 2 nitrogen and oxygen atoms in total. The maximum atomic E-state index is 4.06. The number of hydrogen-bond acceptors (Lipinski definition) is 0. The standard InChI is InChI=1S/C61H73BrN2/c1-5-8-11-14-17-20-23-46-29-39-61-54(41-46)53-40-45(4)26-36-58(53)64(61)51-34-35-52(57(62)44-51)49-30-32-50(33-31-49)63-59-37-27-47(24-21-18-15-12-9-6-2)42-55(59)56-43-48(28-38-60(56)63)25-22-19-16-13-10-7-3/h26-44H,5-25H2,1-4H3. The third kappa shape index (κ3) is 10.7. The lowest BCUT2D eigenvalue weighted by Crippen LogP contribution is -1.96. The number of unbranched alkanes of at least 4 members (excludes halogenated alkanes) is 15. The fraction of sp³-hybridized carbons (Fsp3) is 0.410. The summed E-state index contributed by atoms with van der Waals surface area (Å²) in [5.74, 6) is 0. The van der Waals surface area contributed by atoms with Crippen LogP contribution in [0.4, 0.5) is 0 Å². The van der Waals surface area contributed by atoms with Crippen LogP contribution in [0, 0.1) is 6.92 Å². The molecule has 0 saturated carbocycles. The van der Waals surface area contributed by atoms with E-state index in [4.69, 9.17) is 0 Å². The third-order valence-electron chi connectivity index (χ3n) is 14.0. The number of fused-ring (bicyclic) bond motifs is 6. The van der Waals surface area contributed by atoms with E-state index in [1.165, 1.54) is 204 Å². The Labute approximate surface area is 393 Å². The third-order valence-corrected chi connectivity index (χ3v) is 14.6. The molecule has 0 atom stereocenters. The molecule has 8 rings (SSSR count). The van der Waals surface area contributed by atoms with Crippen molar-refractivity contribution in [2.24, 2.45) is 0 Å². The molecule has 0 aliphatic heterocycles. The van der Waals surface area contributed by atoms with Gasteiger partial charge < -0.3 is 9.13 Å². The quantitative estimate of drug-likeness (QED) is 0.0535. The van der Waals surface area contributed by atoms with Crippen LogP contribution in [0.25, 0.3) is 66.1 Å². The molecule has 0 aliphatic carbocycles. The zero-order chi connectivity index (χ0) is 44.3. The summed E-state index contributed by atoms with van der Waals surface area (Å²) in [6.45, 7) is 9.11. The van der Waals surface area contributed by atoms with Crippen LogP contribution in [-0.4, -0.2) is 9.13 Å². The van der Waals surface area contributed by atoms with Crippen LogP contribution in [-0.2, 0) is 19.3 Å². The predicted octanol–water partition coefficient (Wildman–Crippen LogP) is 19.3. The number of nitrogens with zero attached hydrogens (tertiary/aromatic N) is 2. The minimum absolute atomic E-state index is 1.10. The lowest BCUT2D eigenvalue weighted by Gasteiger charge is -2.13. The van der Waals surface area contributed by atoms with Crippen molar-refractivity contribution in [1.29, 1.82) is 0 Å². The minimum atomic E-state index is 1.10. The van der Waals surface area contributed by atoms with Gasteiger partial charge in [0.15, 0.2) is 0 Å². The highest BCUT2D eigenvalue weighted by Gasteiger charge is 2.17. The summed E-state index contributed by atoms with van der Waals surface area (Å²) in [7, 11) is 0. The van der Waals surface area contributed by atoms with Crippen molar-refractivity contribution in [3.05, 3.63) is 142 Å². The molecule has 6 aromatic carbocycles. The van der Waals surface area contributed by atoms with Gasteiger partial charge in [0.25, 0.3) is 0 Å². The molecular weight excluding hydrogens is 841 g/mol. The van der Waals surface area contributed by atoms with Gasteiger partial charge in [0.1, 0.15) is 0 Å². The van der Waals surface area contributed by atoms with Crippen LogP contribution in [0.2, 0.25) is 0 Å². The Morgan fingerprint density at radius 2 is 0.734 bits per heavy atom. The highest BCUT2D eigenvalue weighted by molar-refractivity contribution is 9.10. The Bertz CT molecular complexity index is 2690. The van der Waals surface area contributed by atoms with Gasteiger partial charge in [-0.2, -0.15) is 0 Å². The molecule has 0 N–H and O–H groups in total. The molecule has 334 valence electrons. The summed E-state index contributed by atoms with van der Waals surface area (Å²) in [4.78, 5) is 0. The predicted molar refractivity (Wildman–Crippen MR) is 284 cm³/mol. The fourth-order valence-corrected chi connectivity index (χ4v) is 10.9. The first-order chi connectivity index (χ1) is 31.5. The summed E-state index contributed by atoms with van der Waals surface area (Å²) in [5.41, 5.74) is 15.6. The van der Waals surface area contributed by atoms with E-state index < -0.39 is 0 Å². The number of benzene rings is 6. The van der Waals surface area contributed by atoms with Gasteiger partial charge >= 0.3 is 0 Å². The van der Waals surface area contributed by atoms with E-state index in [2.05, 4.69) is 168 Å². The molecule has 2 heterocycles. The Kier molecular flexibility index (Phi) is 16.2. The van der Waals surface area contributed by atoms with Gasteiger partial charge in [-0.1, -0.05) is 181 Å². The summed E-state index contributed by atoms with van der Waals surface area (Å²) < 4.78 is 6.06.